The molecule has 2 aromatic heterocycles. The fourth-order valence-electron chi connectivity index (χ4n) is 3.85. The first-order chi connectivity index (χ1) is 14.9. The molecule has 1 aliphatic carbocycles. The van der Waals surface area contributed by atoms with Crippen LogP contribution in [-0.4, -0.2) is 43.9 Å². The molecule has 0 saturated heterocycles. The summed E-state index contributed by atoms with van der Waals surface area (Å²) in [6.07, 6.45) is 2.31. The topological polar surface area (TPSA) is 85.4 Å². The molecule has 9 heteroatoms. The average molecular weight is 463 g/mol. The van der Waals surface area contributed by atoms with Crippen LogP contribution in [0.5, 0.6) is 0 Å². The molecule has 1 fully saturated rings. The van der Waals surface area contributed by atoms with Gasteiger partial charge in [-0.15, -0.1) is 11.3 Å². The lowest BCUT2D eigenvalue weighted by atomic mass is 9.95. The third kappa shape index (κ3) is 4.63. The number of pyridine rings is 1. The number of fused-ring (bicyclic) bond motifs is 1. The van der Waals surface area contributed by atoms with Crippen LogP contribution < -0.4 is 5.32 Å². The first kappa shape index (κ1) is 21.9. The molecule has 0 aliphatic heterocycles. The van der Waals surface area contributed by atoms with Crippen LogP contribution in [0.15, 0.2) is 53.7 Å². The number of hydrogen-bond acceptors (Lipinski definition) is 6. The first-order valence-corrected chi connectivity index (χ1v) is 12.4. The summed E-state index contributed by atoms with van der Waals surface area (Å²) in [7, 11) is -2.17. The van der Waals surface area contributed by atoms with Crippen molar-refractivity contribution in [1.29, 1.82) is 0 Å². The molecule has 3 aromatic rings. The molecule has 164 valence electrons. The Balaban J connectivity index is 1.39. The number of hydrogen-bond donors (Lipinski definition) is 1. The molecule has 4 rings (SSSR count). The molecule has 3 atom stereocenters. The van der Waals surface area contributed by atoms with Gasteiger partial charge in [-0.25, -0.2) is 12.8 Å². The number of carbonyl (C=O) groups is 1. The van der Waals surface area contributed by atoms with Crippen molar-refractivity contribution in [3.8, 4) is 0 Å². The zero-order chi connectivity index (χ0) is 22.0. The fourth-order valence-corrected chi connectivity index (χ4v) is 6.58. The third-order valence-electron chi connectivity index (χ3n) is 5.66. The van der Waals surface area contributed by atoms with Crippen LogP contribution in [0.4, 0.5) is 4.39 Å². The molecule has 0 bridgehead atoms. The largest absolute Gasteiger partial charge is 0.378 e. The summed E-state index contributed by atoms with van der Waals surface area (Å²) >= 11 is 1.37. The minimum absolute atomic E-state index is 0.0522. The van der Waals surface area contributed by atoms with E-state index in [9.17, 15) is 17.6 Å². The second-order valence-corrected chi connectivity index (χ2v) is 10.9. The number of thiophene rings is 1. The number of methoxy groups -OCH3 is 1. The molecule has 1 amide bonds. The molecule has 0 radical (unpaired) electrons. The van der Waals surface area contributed by atoms with Crippen molar-refractivity contribution in [2.45, 2.75) is 48.2 Å². The summed E-state index contributed by atoms with van der Waals surface area (Å²) < 4.78 is 46.0. The SMILES string of the molecule is COC1CCC(S(=O)(=O)c2ccc(CNC(=O)c3cc4ccncc4s3)cc2)CC1F. The highest BCUT2D eigenvalue weighted by molar-refractivity contribution is 7.92. The van der Waals surface area contributed by atoms with Crippen molar-refractivity contribution in [3.05, 3.63) is 59.2 Å². The molecular formula is C22H23FN2O4S2. The maximum absolute atomic E-state index is 14.2. The predicted molar refractivity (Wildman–Crippen MR) is 118 cm³/mol. The second-order valence-electron chi connectivity index (χ2n) is 7.62. The van der Waals surface area contributed by atoms with E-state index in [1.165, 1.54) is 30.6 Å². The van der Waals surface area contributed by atoms with E-state index in [0.29, 0.717) is 17.7 Å². The van der Waals surface area contributed by atoms with E-state index in [4.69, 9.17) is 4.74 Å². The van der Waals surface area contributed by atoms with Gasteiger partial charge in [-0.05, 0) is 54.5 Å². The standard InChI is InChI=1S/C22H23FN2O4S2/c1-29-19-7-6-17(11-18(19)23)31(27,28)16-4-2-14(3-5-16)12-25-22(26)20-10-15-8-9-24-13-21(15)30-20/h2-5,8-10,13,17-19H,6-7,11-12H2,1H3,(H,25,26). The highest BCUT2D eigenvalue weighted by Gasteiger charge is 2.38. The number of carbonyl (C=O) groups excluding carboxylic acids is 1. The Kier molecular flexibility index (Phi) is 6.36. The Hall–Kier alpha value is -2.36. The van der Waals surface area contributed by atoms with E-state index in [1.54, 1.807) is 24.5 Å². The van der Waals surface area contributed by atoms with Gasteiger partial charge in [0, 0.05) is 26.0 Å². The van der Waals surface area contributed by atoms with E-state index in [2.05, 4.69) is 10.3 Å². The number of halogens is 1. The number of benzene rings is 1. The summed E-state index contributed by atoms with van der Waals surface area (Å²) in [5.74, 6) is -0.193. The summed E-state index contributed by atoms with van der Waals surface area (Å²) in [5.41, 5.74) is 0.779. The maximum Gasteiger partial charge on any atom is 0.261 e. The number of sulfone groups is 1. The number of amides is 1. The van der Waals surface area contributed by atoms with Gasteiger partial charge in [-0.2, -0.15) is 0 Å². The average Bonchev–Trinajstić information content (AvgIpc) is 3.22. The molecule has 1 aromatic carbocycles. The van der Waals surface area contributed by atoms with E-state index in [-0.39, 0.29) is 23.8 Å². The van der Waals surface area contributed by atoms with Crippen molar-refractivity contribution in [2.75, 3.05) is 7.11 Å². The van der Waals surface area contributed by atoms with E-state index >= 15 is 0 Å². The van der Waals surface area contributed by atoms with Crippen LogP contribution >= 0.6 is 11.3 Å². The number of nitrogens with zero attached hydrogens (tertiary/aromatic N) is 1. The van der Waals surface area contributed by atoms with Gasteiger partial charge in [0.1, 0.15) is 6.17 Å². The molecule has 31 heavy (non-hydrogen) atoms. The van der Waals surface area contributed by atoms with Crippen LogP contribution in [0, 0.1) is 0 Å². The van der Waals surface area contributed by atoms with Crippen LogP contribution in [0.1, 0.15) is 34.5 Å². The monoisotopic (exact) mass is 462 g/mol. The molecule has 3 unspecified atom stereocenters. The number of aromatic nitrogens is 1. The Morgan fingerprint density at radius 3 is 2.71 bits per heavy atom. The fraction of sp³-hybridized carbons (Fsp3) is 0.364. The van der Waals surface area contributed by atoms with Crippen LogP contribution in [0.3, 0.4) is 0 Å². The van der Waals surface area contributed by atoms with Gasteiger partial charge in [0.2, 0.25) is 0 Å². The number of alkyl halides is 1. The highest BCUT2D eigenvalue weighted by Crippen LogP contribution is 2.32. The van der Waals surface area contributed by atoms with E-state index in [0.717, 1.165) is 15.6 Å². The Morgan fingerprint density at radius 2 is 2.03 bits per heavy atom. The molecule has 1 saturated carbocycles. The van der Waals surface area contributed by atoms with Gasteiger partial charge < -0.3 is 10.1 Å². The number of ether oxygens (including phenoxy) is 1. The van der Waals surface area contributed by atoms with Gasteiger partial charge in [-0.1, -0.05) is 12.1 Å². The van der Waals surface area contributed by atoms with Crippen LogP contribution in [0.25, 0.3) is 10.1 Å². The molecular weight excluding hydrogens is 439 g/mol. The van der Waals surface area contributed by atoms with Gasteiger partial charge in [0.15, 0.2) is 9.84 Å². The molecule has 1 aliphatic rings. The Labute approximate surface area is 184 Å². The molecule has 6 nitrogen and oxygen atoms in total. The van der Waals surface area contributed by atoms with Crippen molar-refractivity contribution in [1.82, 2.24) is 10.3 Å². The van der Waals surface area contributed by atoms with Gasteiger partial charge in [-0.3, -0.25) is 9.78 Å². The van der Waals surface area contributed by atoms with Gasteiger partial charge in [0.05, 0.1) is 25.8 Å². The van der Waals surface area contributed by atoms with Crippen molar-refractivity contribution in [3.63, 3.8) is 0 Å². The third-order valence-corrected chi connectivity index (χ3v) is 8.98. The quantitative estimate of drug-likeness (QED) is 0.600. The predicted octanol–water partition coefficient (Wildman–Crippen LogP) is 3.91. The second kappa shape index (κ2) is 9.02. The lowest BCUT2D eigenvalue weighted by Gasteiger charge is -2.30. The van der Waals surface area contributed by atoms with Crippen molar-refractivity contribution >= 4 is 37.2 Å². The lowest BCUT2D eigenvalue weighted by Crippen LogP contribution is -2.38. The summed E-state index contributed by atoms with van der Waals surface area (Å²) in [6, 6.07) is 10.1. The van der Waals surface area contributed by atoms with Crippen molar-refractivity contribution < 1.29 is 22.3 Å². The minimum Gasteiger partial charge on any atom is -0.378 e. The van der Waals surface area contributed by atoms with E-state index < -0.39 is 27.4 Å². The van der Waals surface area contributed by atoms with Crippen molar-refractivity contribution in [2.24, 2.45) is 0 Å². The smallest absolute Gasteiger partial charge is 0.261 e. The summed E-state index contributed by atoms with van der Waals surface area (Å²) in [4.78, 5) is 17.3. The minimum atomic E-state index is -3.62. The zero-order valence-corrected chi connectivity index (χ0v) is 18.6. The van der Waals surface area contributed by atoms with Gasteiger partial charge in [0.25, 0.3) is 5.91 Å². The normalized spacial score (nSPS) is 21.8. The maximum atomic E-state index is 14.2. The van der Waals surface area contributed by atoms with Gasteiger partial charge >= 0.3 is 0 Å². The molecule has 2 heterocycles. The van der Waals surface area contributed by atoms with E-state index in [1.807, 2.05) is 12.1 Å². The Bertz CT molecular complexity index is 1140. The van der Waals surface area contributed by atoms with Crippen LogP contribution in [-0.2, 0) is 21.1 Å². The number of nitrogens with one attached hydrogen (secondary N) is 1. The summed E-state index contributed by atoms with van der Waals surface area (Å²) in [5, 5.41) is 3.07. The first-order valence-electron chi connectivity index (χ1n) is 10.00. The molecule has 0 spiro atoms. The number of rotatable bonds is 6. The highest BCUT2D eigenvalue weighted by atomic mass is 32.2. The van der Waals surface area contributed by atoms with Crippen LogP contribution in [0.2, 0.25) is 0 Å². The zero-order valence-electron chi connectivity index (χ0n) is 17.0. The molecule has 1 N–H and O–H groups in total. The Morgan fingerprint density at radius 1 is 1.26 bits per heavy atom. The lowest BCUT2D eigenvalue weighted by molar-refractivity contribution is 0.00681. The summed E-state index contributed by atoms with van der Waals surface area (Å²) in [6.45, 7) is 0.275.